The van der Waals surface area contributed by atoms with Crippen molar-refractivity contribution < 1.29 is 22.8 Å². The van der Waals surface area contributed by atoms with Gasteiger partial charge in [-0.05, 0) is 47.9 Å². The Hall–Kier alpha value is -3.31. The molecule has 0 unspecified atom stereocenters. The van der Waals surface area contributed by atoms with Crippen LogP contribution in [0.25, 0.3) is 10.8 Å². The van der Waals surface area contributed by atoms with Gasteiger partial charge in [-0.15, -0.1) is 0 Å². The number of piperidine rings is 1. The zero-order chi connectivity index (χ0) is 27.2. The van der Waals surface area contributed by atoms with E-state index in [9.17, 15) is 22.8 Å². The van der Waals surface area contributed by atoms with Crippen molar-refractivity contribution in [2.75, 3.05) is 39.2 Å². The molecule has 1 N–H and O–H groups in total. The Morgan fingerprint density at radius 1 is 1.08 bits per heavy atom. The number of halogens is 1. The average molecular weight is 560 g/mol. The molecule has 0 bridgehead atoms. The van der Waals surface area contributed by atoms with E-state index in [-0.39, 0.29) is 16.8 Å². The molecule has 0 radical (unpaired) electrons. The van der Waals surface area contributed by atoms with Crippen LogP contribution in [0.2, 0.25) is 5.02 Å². The first-order valence-corrected chi connectivity index (χ1v) is 14.5. The molecule has 3 heterocycles. The van der Waals surface area contributed by atoms with E-state index in [1.807, 2.05) is 27.9 Å². The van der Waals surface area contributed by atoms with Crippen molar-refractivity contribution in [3.8, 4) is 0 Å². The quantitative estimate of drug-likeness (QED) is 0.572. The average Bonchev–Trinajstić information content (AvgIpc) is 3.39. The molecule has 3 aliphatic rings. The van der Waals surface area contributed by atoms with Crippen LogP contribution in [0.15, 0.2) is 53.2 Å². The van der Waals surface area contributed by atoms with E-state index in [1.54, 1.807) is 35.2 Å². The number of hydrogen-bond acceptors (Lipinski definition) is 7. The van der Waals surface area contributed by atoms with Crippen LogP contribution in [0.1, 0.15) is 19.8 Å². The minimum absolute atomic E-state index is 0.000927. The first-order valence-electron chi connectivity index (χ1n) is 12.5. The Balaban J connectivity index is 1.26. The fourth-order valence-corrected chi connectivity index (χ4v) is 7.03. The molecule has 202 valence electrons. The van der Waals surface area contributed by atoms with Crippen LogP contribution in [0.4, 0.5) is 0 Å². The van der Waals surface area contributed by atoms with Gasteiger partial charge in [0.05, 0.1) is 24.0 Å². The number of nitrogens with zero attached hydrogens (tertiary/aromatic N) is 4. The molecule has 5 rings (SSSR count). The highest BCUT2D eigenvalue weighted by atomic mass is 35.5. The molecular weight excluding hydrogens is 530 g/mol. The van der Waals surface area contributed by atoms with Crippen molar-refractivity contribution >= 4 is 49.9 Å². The number of sulfone groups is 1. The third-order valence-corrected chi connectivity index (χ3v) is 9.27. The summed E-state index contributed by atoms with van der Waals surface area (Å²) in [5.41, 5.74) is 0.693. The molecule has 2 aromatic carbocycles. The molecule has 1 atom stereocenters. The van der Waals surface area contributed by atoms with E-state index in [0.29, 0.717) is 55.4 Å². The smallest absolute Gasteiger partial charge is 0.273 e. The van der Waals surface area contributed by atoms with Gasteiger partial charge < -0.3 is 24.9 Å². The van der Waals surface area contributed by atoms with Crippen molar-refractivity contribution in [3.63, 3.8) is 0 Å². The maximum Gasteiger partial charge on any atom is 0.273 e. The molecule has 0 aromatic heterocycles. The molecule has 2 saturated heterocycles. The number of carbonyl (C=O) groups excluding carboxylic acids is 3. The Morgan fingerprint density at radius 3 is 2.45 bits per heavy atom. The molecule has 0 aliphatic carbocycles. The third kappa shape index (κ3) is 5.17. The van der Waals surface area contributed by atoms with Gasteiger partial charge in [0, 0.05) is 44.3 Å². The van der Waals surface area contributed by atoms with Crippen LogP contribution in [0.3, 0.4) is 0 Å². The Kier molecular flexibility index (Phi) is 6.99. The summed E-state index contributed by atoms with van der Waals surface area (Å²) in [4.78, 5) is 45.7. The first kappa shape index (κ1) is 26.3. The summed E-state index contributed by atoms with van der Waals surface area (Å²) in [5, 5.41) is 4.60. The summed E-state index contributed by atoms with van der Waals surface area (Å²) in [6, 6.07) is 8.66. The molecule has 0 saturated carbocycles. The molecule has 38 heavy (non-hydrogen) atoms. The summed E-state index contributed by atoms with van der Waals surface area (Å²) >= 11 is 6.03. The van der Waals surface area contributed by atoms with Crippen LogP contribution < -0.4 is 5.32 Å². The fourth-order valence-electron chi connectivity index (χ4n) is 5.41. The summed E-state index contributed by atoms with van der Waals surface area (Å²) in [5.74, 6) is -1.47. The van der Waals surface area contributed by atoms with Crippen LogP contribution in [0.5, 0.6) is 0 Å². The van der Waals surface area contributed by atoms with E-state index >= 15 is 0 Å². The second kappa shape index (κ2) is 10.1. The van der Waals surface area contributed by atoms with Gasteiger partial charge in [-0.25, -0.2) is 8.42 Å². The van der Waals surface area contributed by atoms with E-state index in [2.05, 4.69) is 5.32 Å². The summed E-state index contributed by atoms with van der Waals surface area (Å²) in [6.45, 7) is 3.21. The predicted octanol–water partition coefficient (Wildman–Crippen LogP) is 1.61. The molecule has 0 spiro atoms. The maximum atomic E-state index is 13.4. The zero-order valence-corrected chi connectivity index (χ0v) is 22.8. The van der Waals surface area contributed by atoms with Gasteiger partial charge in [0.1, 0.15) is 11.7 Å². The number of carbonyl (C=O) groups is 3. The van der Waals surface area contributed by atoms with Crippen molar-refractivity contribution in [1.82, 2.24) is 24.9 Å². The van der Waals surface area contributed by atoms with Gasteiger partial charge in [0.2, 0.25) is 11.8 Å². The lowest BCUT2D eigenvalue weighted by Gasteiger charge is -2.38. The van der Waals surface area contributed by atoms with Crippen molar-refractivity contribution in [2.45, 2.75) is 36.7 Å². The molecule has 3 amide bonds. The predicted molar refractivity (Wildman–Crippen MR) is 142 cm³/mol. The van der Waals surface area contributed by atoms with E-state index in [1.165, 1.54) is 13.0 Å². The fraction of sp³-hybridized carbons (Fsp3) is 0.423. The minimum atomic E-state index is -3.90. The number of amides is 3. The van der Waals surface area contributed by atoms with Gasteiger partial charge in [-0.2, -0.15) is 0 Å². The van der Waals surface area contributed by atoms with Crippen LogP contribution in [0, 0.1) is 0 Å². The number of rotatable bonds is 6. The monoisotopic (exact) mass is 559 g/mol. The summed E-state index contributed by atoms with van der Waals surface area (Å²) < 4.78 is 26.6. The second-order valence-corrected chi connectivity index (χ2v) is 12.6. The maximum absolute atomic E-state index is 13.4. The van der Waals surface area contributed by atoms with Crippen LogP contribution >= 0.6 is 11.6 Å². The third-order valence-electron chi connectivity index (χ3n) is 7.29. The van der Waals surface area contributed by atoms with Gasteiger partial charge in [-0.3, -0.25) is 14.4 Å². The number of hydrogen-bond donors (Lipinski definition) is 1. The molecule has 12 heteroatoms. The van der Waals surface area contributed by atoms with Gasteiger partial charge >= 0.3 is 0 Å². The van der Waals surface area contributed by atoms with Crippen molar-refractivity contribution in [1.29, 1.82) is 0 Å². The standard InChI is InChI=1S/C26H30ClN5O5S/c1-17(33)28-23(14-38(36,37)22-6-4-18-11-20(27)5-3-19(18)12-22)25(34)30-9-7-21(8-10-30)32-16-31-15-29(2)13-24(31)26(32)35/h3-6,11-13,21,23H,7-10,14-16H2,1-2H3,(H,28,33)/t23-/m1/s1. The second-order valence-electron chi connectivity index (χ2n) is 10.1. The Morgan fingerprint density at radius 2 is 1.76 bits per heavy atom. The lowest BCUT2D eigenvalue weighted by atomic mass is 10.0. The number of nitrogens with one attached hydrogen (secondary N) is 1. The molecule has 3 aliphatic heterocycles. The number of fused-ring (bicyclic) bond motifs is 2. The number of benzene rings is 2. The van der Waals surface area contributed by atoms with E-state index < -0.39 is 33.4 Å². The topological polar surface area (TPSA) is 110 Å². The van der Waals surface area contributed by atoms with Crippen LogP contribution in [-0.4, -0.2) is 97.1 Å². The SMILES string of the molecule is CC(=O)N[C@H](CS(=O)(=O)c1ccc2cc(Cl)ccc2c1)C(=O)N1CCC(N2CN3CN(C)C=C3C2=O)CC1. The Labute approximate surface area is 226 Å². The molecule has 10 nitrogen and oxygen atoms in total. The van der Waals surface area contributed by atoms with Gasteiger partial charge in [0.15, 0.2) is 9.84 Å². The van der Waals surface area contributed by atoms with Crippen LogP contribution in [-0.2, 0) is 24.2 Å². The molecule has 2 aromatic rings. The highest BCUT2D eigenvalue weighted by Crippen LogP contribution is 2.29. The first-order chi connectivity index (χ1) is 18.0. The summed E-state index contributed by atoms with van der Waals surface area (Å²) in [7, 11) is -1.97. The van der Waals surface area contributed by atoms with E-state index in [4.69, 9.17) is 11.6 Å². The highest BCUT2D eigenvalue weighted by molar-refractivity contribution is 7.91. The highest BCUT2D eigenvalue weighted by Gasteiger charge is 2.41. The van der Waals surface area contributed by atoms with E-state index in [0.717, 1.165) is 5.39 Å². The number of likely N-dealkylation sites (tertiary alicyclic amines) is 1. The minimum Gasteiger partial charge on any atom is -0.361 e. The Bertz CT molecular complexity index is 1440. The molecule has 2 fully saturated rings. The lowest BCUT2D eigenvalue weighted by Crippen LogP contribution is -2.55. The zero-order valence-electron chi connectivity index (χ0n) is 21.3. The lowest BCUT2D eigenvalue weighted by molar-refractivity contribution is -0.137. The normalized spacial score (nSPS) is 19.1. The van der Waals surface area contributed by atoms with Crippen molar-refractivity contribution in [3.05, 3.63) is 53.3 Å². The summed E-state index contributed by atoms with van der Waals surface area (Å²) in [6.07, 6.45) is 3.02. The largest absolute Gasteiger partial charge is 0.361 e. The van der Waals surface area contributed by atoms with Crippen molar-refractivity contribution in [2.24, 2.45) is 0 Å². The molecular formula is C26H30ClN5O5S. The van der Waals surface area contributed by atoms with Gasteiger partial charge in [0.25, 0.3) is 5.91 Å². The van der Waals surface area contributed by atoms with Gasteiger partial charge in [-0.1, -0.05) is 23.7 Å².